The van der Waals surface area contributed by atoms with Crippen molar-refractivity contribution in [3.05, 3.63) is 11.1 Å². The highest BCUT2D eigenvalue weighted by Gasteiger charge is 2.14. The third-order valence-electron chi connectivity index (χ3n) is 0.570. The lowest BCUT2D eigenvalue weighted by atomic mass is 10.3. The molecule has 0 aromatic rings. The first kappa shape index (κ1) is 7.97. The van der Waals surface area contributed by atoms with E-state index in [4.69, 9.17) is 21.8 Å². The van der Waals surface area contributed by atoms with Gasteiger partial charge in [-0.1, -0.05) is 11.6 Å². The van der Waals surface area contributed by atoms with E-state index >= 15 is 0 Å². The van der Waals surface area contributed by atoms with Gasteiger partial charge in [0.05, 0.1) is 0 Å². The van der Waals surface area contributed by atoms with Gasteiger partial charge in [0, 0.05) is 5.54 Å². The van der Waals surface area contributed by atoms with Gasteiger partial charge >= 0.3 is 11.9 Å². The zero-order chi connectivity index (χ0) is 7.44. The molecule has 5 heteroatoms. The average molecular weight is 151 g/mol. The second-order valence-corrected chi connectivity index (χ2v) is 1.35. The highest BCUT2D eigenvalue weighted by atomic mass is 35.5. The number of halogens is 1. The molecule has 0 aliphatic heterocycles. The first-order valence-corrected chi connectivity index (χ1v) is 2.30. The fourth-order valence-electron chi connectivity index (χ4n) is 0.185. The molecule has 4 nitrogen and oxygen atoms in total. The van der Waals surface area contributed by atoms with E-state index in [9.17, 15) is 9.59 Å². The van der Waals surface area contributed by atoms with Crippen molar-refractivity contribution in [3.8, 4) is 0 Å². The van der Waals surface area contributed by atoms with Gasteiger partial charge in [-0.2, -0.15) is 0 Å². The van der Waals surface area contributed by atoms with Crippen molar-refractivity contribution in [1.29, 1.82) is 0 Å². The predicted octanol–water partition coefficient (Wildman–Crippen LogP) is 0.278. The van der Waals surface area contributed by atoms with Crippen LogP contribution in [0, 0.1) is 0 Å². The Bertz CT molecular complexity index is 155. The molecule has 0 aromatic carbocycles. The van der Waals surface area contributed by atoms with Crippen LogP contribution in [0.2, 0.25) is 0 Å². The van der Waals surface area contributed by atoms with Crippen LogP contribution in [0.25, 0.3) is 0 Å². The van der Waals surface area contributed by atoms with Crippen LogP contribution in [0.1, 0.15) is 0 Å². The maximum Gasteiger partial charge on any atom is 0.344 e. The molecule has 0 amide bonds. The third kappa shape index (κ3) is 2.14. The van der Waals surface area contributed by atoms with Gasteiger partial charge in [-0.3, -0.25) is 0 Å². The Labute approximate surface area is 55.4 Å². The van der Waals surface area contributed by atoms with Crippen LogP contribution in [0.4, 0.5) is 0 Å². The molecule has 0 atom stereocenters. The van der Waals surface area contributed by atoms with Crippen molar-refractivity contribution in [1.82, 2.24) is 0 Å². The lowest BCUT2D eigenvalue weighted by molar-refractivity contribution is -0.140. The zero-order valence-electron chi connectivity index (χ0n) is 4.17. The molecule has 0 saturated carbocycles. The van der Waals surface area contributed by atoms with E-state index in [-0.39, 0.29) is 0 Å². The van der Waals surface area contributed by atoms with Crippen LogP contribution in [0.5, 0.6) is 0 Å². The van der Waals surface area contributed by atoms with E-state index in [1.807, 2.05) is 0 Å². The van der Waals surface area contributed by atoms with Crippen LogP contribution in [-0.2, 0) is 9.59 Å². The number of hydrogen-bond acceptors (Lipinski definition) is 2. The van der Waals surface area contributed by atoms with Crippen LogP contribution < -0.4 is 0 Å². The first-order valence-electron chi connectivity index (χ1n) is 1.86. The summed E-state index contributed by atoms with van der Waals surface area (Å²) in [6, 6.07) is 0. The second kappa shape index (κ2) is 3.09. The summed E-state index contributed by atoms with van der Waals surface area (Å²) >= 11 is 4.83. The van der Waals surface area contributed by atoms with Gasteiger partial charge in [0.2, 0.25) is 0 Å². The normalized spacial score (nSPS) is 8.11. The summed E-state index contributed by atoms with van der Waals surface area (Å²) in [5.74, 6) is -3.09. The number of hydrogen-bond donors (Lipinski definition) is 2. The lowest BCUT2D eigenvalue weighted by Gasteiger charge is -1.88. The number of carboxylic acids is 2. The topological polar surface area (TPSA) is 74.6 Å². The van der Waals surface area contributed by atoms with Crippen LogP contribution >= 0.6 is 11.6 Å². The Kier molecular flexibility index (Phi) is 2.73. The SMILES string of the molecule is O=C(O)C(=CCl)C(=O)O. The fraction of sp³-hybridized carbons (Fsp3) is 0. The standard InChI is InChI=1S/C4H3ClO4/c5-1-2(3(6)7)4(8)9/h1H,(H,6,7)(H,8,9). The molecule has 0 aliphatic carbocycles. The van der Waals surface area contributed by atoms with Crippen molar-refractivity contribution in [3.63, 3.8) is 0 Å². The summed E-state index contributed by atoms with van der Waals surface area (Å²) in [5, 5.41) is 16.0. The van der Waals surface area contributed by atoms with Crippen molar-refractivity contribution < 1.29 is 19.8 Å². The van der Waals surface area contributed by atoms with Crippen molar-refractivity contribution in [2.75, 3.05) is 0 Å². The molecule has 2 N–H and O–H groups in total. The molecule has 0 spiro atoms. The van der Waals surface area contributed by atoms with E-state index in [1.54, 1.807) is 0 Å². The third-order valence-corrected chi connectivity index (χ3v) is 0.788. The minimum atomic E-state index is -1.54. The smallest absolute Gasteiger partial charge is 0.344 e. The van der Waals surface area contributed by atoms with Gasteiger partial charge in [-0.15, -0.1) is 0 Å². The van der Waals surface area contributed by atoms with Crippen LogP contribution in [-0.4, -0.2) is 22.2 Å². The molecule has 0 saturated heterocycles. The quantitative estimate of drug-likeness (QED) is 0.337. The van der Waals surface area contributed by atoms with Gasteiger partial charge in [-0.05, 0) is 0 Å². The molecule has 0 rings (SSSR count). The van der Waals surface area contributed by atoms with Crippen molar-refractivity contribution in [2.24, 2.45) is 0 Å². The molecule has 0 unspecified atom stereocenters. The molecule has 0 heterocycles. The van der Waals surface area contributed by atoms with Gasteiger partial charge in [-0.25, -0.2) is 9.59 Å². The van der Waals surface area contributed by atoms with Crippen molar-refractivity contribution >= 4 is 23.5 Å². The maximum atomic E-state index is 9.84. The van der Waals surface area contributed by atoms with Gasteiger partial charge < -0.3 is 10.2 Å². The number of carboxylic acid groups (broad SMARTS) is 2. The van der Waals surface area contributed by atoms with Crippen molar-refractivity contribution in [2.45, 2.75) is 0 Å². The molecule has 0 radical (unpaired) electrons. The van der Waals surface area contributed by atoms with E-state index in [0.29, 0.717) is 5.54 Å². The molecule has 0 fully saturated rings. The van der Waals surface area contributed by atoms with Crippen LogP contribution in [0.15, 0.2) is 11.1 Å². The van der Waals surface area contributed by atoms with E-state index < -0.39 is 17.5 Å². The van der Waals surface area contributed by atoms with Gasteiger partial charge in [0.25, 0.3) is 0 Å². The number of carbonyl (C=O) groups is 2. The van der Waals surface area contributed by atoms with E-state index in [2.05, 4.69) is 0 Å². The largest absolute Gasteiger partial charge is 0.477 e. The van der Waals surface area contributed by atoms with Crippen LogP contribution in [0.3, 0.4) is 0 Å². The summed E-state index contributed by atoms with van der Waals surface area (Å²) in [4.78, 5) is 19.7. The molecular weight excluding hydrogens is 147 g/mol. The highest BCUT2D eigenvalue weighted by molar-refractivity contribution is 6.31. The Morgan fingerprint density at radius 3 is 1.56 bits per heavy atom. The Balaban J connectivity index is 4.38. The molecular formula is C4H3ClO4. The highest BCUT2D eigenvalue weighted by Crippen LogP contribution is 1.95. The molecule has 50 valence electrons. The fourth-order valence-corrected chi connectivity index (χ4v) is 0.371. The number of aliphatic carboxylic acids is 2. The minimum absolute atomic E-state index is 0.505. The predicted molar refractivity (Wildman–Crippen MR) is 29.2 cm³/mol. The summed E-state index contributed by atoms with van der Waals surface area (Å²) in [5.41, 5.74) is -0.332. The first-order chi connectivity index (χ1) is 4.09. The van der Waals surface area contributed by atoms with Gasteiger partial charge in [0.15, 0.2) is 5.57 Å². The maximum absolute atomic E-state index is 9.84. The second-order valence-electron chi connectivity index (χ2n) is 1.13. The molecule has 0 aliphatic rings. The van der Waals surface area contributed by atoms with E-state index in [1.165, 1.54) is 0 Å². The van der Waals surface area contributed by atoms with E-state index in [0.717, 1.165) is 0 Å². The Morgan fingerprint density at radius 1 is 1.22 bits per heavy atom. The number of rotatable bonds is 2. The Morgan fingerprint density at radius 2 is 1.56 bits per heavy atom. The van der Waals surface area contributed by atoms with Gasteiger partial charge in [0.1, 0.15) is 0 Å². The average Bonchev–Trinajstić information content (AvgIpc) is 1.64. The summed E-state index contributed by atoms with van der Waals surface area (Å²) in [6.45, 7) is 0. The summed E-state index contributed by atoms with van der Waals surface area (Å²) in [7, 11) is 0. The monoisotopic (exact) mass is 150 g/mol. The summed E-state index contributed by atoms with van der Waals surface area (Å²) in [6.07, 6.45) is 0. The minimum Gasteiger partial charge on any atom is -0.477 e. The summed E-state index contributed by atoms with van der Waals surface area (Å²) < 4.78 is 0. The molecule has 9 heavy (non-hydrogen) atoms. The molecule has 0 aromatic heterocycles. The Hall–Kier alpha value is -1.03. The molecule has 0 bridgehead atoms. The lowest BCUT2D eigenvalue weighted by Crippen LogP contribution is -2.09. The zero-order valence-corrected chi connectivity index (χ0v) is 4.92.